The molecular formula is C26H25N3O4. The molecule has 0 saturated carbocycles. The first-order chi connectivity index (χ1) is 16.0. The van der Waals surface area contributed by atoms with Crippen molar-refractivity contribution < 1.29 is 19.1 Å². The van der Waals surface area contributed by atoms with E-state index >= 15 is 0 Å². The molecule has 0 atom stereocenters. The third-order valence-electron chi connectivity index (χ3n) is 5.46. The van der Waals surface area contributed by atoms with Crippen molar-refractivity contribution in [1.29, 1.82) is 0 Å². The smallest absolute Gasteiger partial charge is 0.329 e. The van der Waals surface area contributed by atoms with Crippen LogP contribution in [-0.4, -0.2) is 35.9 Å². The molecule has 0 unspecified atom stereocenters. The maximum absolute atomic E-state index is 13.0. The summed E-state index contributed by atoms with van der Waals surface area (Å²) in [5.41, 5.74) is 2.44. The molecule has 4 rings (SSSR count). The molecule has 1 heterocycles. The molecule has 33 heavy (non-hydrogen) atoms. The maximum Gasteiger partial charge on any atom is 0.329 e. The summed E-state index contributed by atoms with van der Waals surface area (Å²) in [5, 5.41) is 7.26. The van der Waals surface area contributed by atoms with E-state index in [1.807, 2.05) is 68.4 Å². The van der Waals surface area contributed by atoms with Crippen molar-refractivity contribution in [3.63, 3.8) is 0 Å². The number of amides is 4. The lowest BCUT2D eigenvalue weighted by Crippen LogP contribution is -2.38. The van der Waals surface area contributed by atoms with E-state index in [1.165, 1.54) is 0 Å². The van der Waals surface area contributed by atoms with E-state index in [0.717, 1.165) is 27.7 Å². The number of ether oxygens (including phenoxy) is 1. The van der Waals surface area contributed by atoms with Crippen LogP contribution >= 0.6 is 0 Å². The summed E-state index contributed by atoms with van der Waals surface area (Å²) in [5.74, 6) is -0.395. The molecule has 7 heteroatoms. The van der Waals surface area contributed by atoms with Gasteiger partial charge in [-0.05, 0) is 47.9 Å². The molecule has 3 aromatic carbocycles. The Hall–Kier alpha value is -4.13. The lowest BCUT2D eigenvalue weighted by Gasteiger charge is -2.14. The van der Waals surface area contributed by atoms with Crippen LogP contribution in [0.25, 0.3) is 16.8 Å². The van der Waals surface area contributed by atoms with E-state index < -0.39 is 17.8 Å². The second-order valence-electron chi connectivity index (χ2n) is 7.57. The van der Waals surface area contributed by atoms with Crippen molar-refractivity contribution >= 4 is 40.4 Å². The zero-order valence-corrected chi connectivity index (χ0v) is 18.6. The molecule has 3 aromatic rings. The number of imide groups is 1. The highest BCUT2D eigenvalue weighted by atomic mass is 16.5. The highest BCUT2D eigenvalue weighted by molar-refractivity contribution is 6.16. The van der Waals surface area contributed by atoms with Crippen LogP contribution in [0.4, 0.5) is 10.5 Å². The van der Waals surface area contributed by atoms with Crippen LogP contribution in [0.5, 0.6) is 5.75 Å². The van der Waals surface area contributed by atoms with Gasteiger partial charge in [-0.1, -0.05) is 55.5 Å². The minimum absolute atomic E-state index is 0.0964. The number of aryl methyl sites for hydroxylation is 1. The summed E-state index contributed by atoms with van der Waals surface area (Å²) in [6.07, 6.45) is 2.36. The normalized spacial score (nSPS) is 14.6. The van der Waals surface area contributed by atoms with Crippen molar-refractivity contribution in [3.05, 3.63) is 77.5 Å². The Bertz CT molecular complexity index is 1270. The van der Waals surface area contributed by atoms with Gasteiger partial charge in [0.2, 0.25) is 5.91 Å². The third kappa shape index (κ3) is 4.57. The molecular weight excluding hydrogens is 418 g/mol. The summed E-state index contributed by atoms with van der Waals surface area (Å²) in [7, 11) is 0. The second-order valence-corrected chi connectivity index (χ2v) is 7.57. The Morgan fingerprint density at radius 2 is 1.79 bits per heavy atom. The van der Waals surface area contributed by atoms with E-state index in [-0.39, 0.29) is 12.2 Å². The molecule has 1 saturated heterocycles. The zero-order chi connectivity index (χ0) is 23.4. The maximum atomic E-state index is 13.0. The van der Waals surface area contributed by atoms with Gasteiger partial charge >= 0.3 is 6.03 Å². The van der Waals surface area contributed by atoms with Gasteiger partial charge in [0.05, 0.1) is 6.61 Å². The number of nitrogens with one attached hydrogen (secondary N) is 2. The summed E-state index contributed by atoms with van der Waals surface area (Å²) in [6, 6.07) is 18.3. The summed E-state index contributed by atoms with van der Waals surface area (Å²) >= 11 is 0. The van der Waals surface area contributed by atoms with Crippen LogP contribution in [0.15, 0.2) is 66.4 Å². The van der Waals surface area contributed by atoms with Gasteiger partial charge in [0, 0.05) is 11.3 Å². The standard InChI is InChI=1S/C26H25N3O4/c1-3-17-9-6-8-12-21(17)27-24(30)16-29-25(31)22(28-26(29)32)15-20-19-11-7-5-10-18(19)13-14-23(20)33-4-2/h5-15H,3-4,16H2,1-2H3,(H,27,30)(H,28,32)/b22-15+. The lowest BCUT2D eigenvalue weighted by molar-refractivity contribution is -0.127. The minimum atomic E-state index is -0.636. The van der Waals surface area contributed by atoms with Crippen LogP contribution in [-0.2, 0) is 16.0 Å². The highest BCUT2D eigenvalue weighted by Gasteiger charge is 2.35. The number of rotatable bonds is 7. The van der Waals surface area contributed by atoms with Crippen molar-refractivity contribution in [2.75, 3.05) is 18.5 Å². The van der Waals surface area contributed by atoms with Crippen LogP contribution in [0.3, 0.4) is 0 Å². The lowest BCUT2D eigenvalue weighted by atomic mass is 10.0. The van der Waals surface area contributed by atoms with Gasteiger partial charge < -0.3 is 15.4 Å². The highest BCUT2D eigenvalue weighted by Crippen LogP contribution is 2.31. The van der Waals surface area contributed by atoms with Gasteiger partial charge in [0.15, 0.2) is 0 Å². The van der Waals surface area contributed by atoms with Crippen molar-refractivity contribution in [2.45, 2.75) is 20.3 Å². The van der Waals surface area contributed by atoms with Gasteiger partial charge in [-0.25, -0.2) is 9.69 Å². The summed E-state index contributed by atoms with van der Waals surface area (Å²) < 4.78 is 5.75. The van der Waals surface area contributed by atoms with Gasteiger partial charge in [0.1, 0.15) is 18.0 Å². The van der Waals surface area contributed by atoms with Gasteiger partial charge in [0.25, 0.3) is 5.91 Å². The summed E-state index contributed by atoms with van der Waals surface area (Å²) in [6.45, 7) is 3.95. The summed E-state index contributed by atoms with van der Waals surface area (Å²) in [4.78, 5) is 39.0. The average Bonchev–Trinajstić information content (AvgIpc) is 3.08. The van der Waals surface area contributed by atoms with Crippen LogP contribution in [0.2, 0.25) is 0 Å². The molecule has 1 aliphatic heterocycles. The van der Waals surface area contributed by atoms with E-state index in [9.17, 15) is 14.4 Å². The number of urea groups is 1. The van der Waals surface area contributed by atoms with Crippen molar-refractivity contribution in [2.24, 2.45) is 0 Å². The number of para-hydroxylation sites is 1. The molecule has 168 valence electrons. The largest absolute Gasteiger partial charge is 0.493 e. The van der Waals surface area contributed by atoms with E-state index in [2.05, 4.69) is 10.6 Å². The second kappa shape index (κ2) is 9.56. The number of hydrogen-bond acceptors (Lipinski definition) is 4. The Morgan fingerprint density at radius 3 is 2.58 bits per heavy atom. The zero-order valence-electron chi connectivity index (χ0n) is 18.6. The SMILES string of the molecule is CCOc1ccc2ccccc2c1/C=C1/NC(=O)N(CC(=O)Nc2ccccc2CC)C1=O. The predicted molar refractivity (Wildman–Crippen MR) is 128 cm³/mol. The third-order valence-corrected chi connectivity index (χ3v) is 5.46. The van der Waals surface area contributed by atoms with Crippen LogP contribution in [0.1, 0.15) is 25.0 Å². The number of fused-ring (bicyclic) bond motifs is 1. The van der Waals surface area contributed by atoms with E-state index in [1.54, 1.807) is 12.1 Å². The quantitative estimate of drug-likeness (QED) is 0.420. The number of carbonyl (C=O) groups excluding carboxylic acids is 3. The van der Waals surface area contributed by atoms with Crippen LogP contribution < -0.4 is 15.4 Å². The first kappa shape index (κ1) is 22.1. The molecule has 4 amide bonds. The molecule has 2 N–H and O–H groups in total. The van der Waals surface area contributed by atoms with Crippen LogP contribution in [0, 0.1) is 0 Å². The average molecular weight is 444 g/mol. The Kier molecular flexibility index (Phi) is 6.40. The monoisotopic (exact) mass is 443 g/mol. The van der Waals surface area contributed by atoms with Crippen molar-refractivity contribution in [1.82, 2.24) is 10.2 Å². The Morgan fingerprint density at radius 1 is 1.03 bits per heavy atom. The number of nitrogens with zero attached hydrogens (tertiary/aromatic N) is 1. The van der Waals surface area contributed by atoms with Gasteiger partial charge in [-0.15, -0.1) is 0 Å². The Balaban J connectivity index is 1.59. The molecule has 1 fully saturated rings. The molecule has 1 aliphatic rings. The molecule has 0 bridgehead atoms. The fraction of sp³-hybridized carbons (Fsp3) is 0.192. The number of carbonyl (C=O) groups is 3. The minimum Gasteiger partial charge on any atom is -0.493 e. The molecule has 7 nitrogen and oxygen atoms in total. The number of benzene rings is 3. The first-order valence-electron chi connectivity index (χ1n) is 10.9. The number of anilines is 1. The van der Waals surface area contributed by atoms with Gasteiger partial charge in [-0.3, -0.25) is 9.59 Å². The van der Waals surface area contributed by atoms with E-state index in [0.29, 0.717) is 23.6 Å². The topological polar surface area (TPSA) is 87.7 Å². The number of hydrogen-bond donors (Lipinski definition) is 2. The Labute approximate surface area is 192 Å². The first-order valence-corrected chi connectivity index (χ1v) is 10.9. The molecule has 0 aromatic heterocycles. The molecule has 0 aliphatic carbocycles. The predicted octanol–water partition coefficient (Wildman–Crippen LogP) is 4.33. The van der Waals surface area contributed by atoms with E-state index in [4.69, 9.17) is 4.74 Å². The molecule has 0 spiro atoms. The molecule has 0 radical (unpaired) electrons. The van der Waals surface area contributed by atoms with Gasteiger partial charge in [-0.2, -0.15) is 0 Å². The van der Waals surface area contributed by atoms with Crippen molar-refractivity contribution in [3.8, 4) is 5.75 Å². The fourth-order valence-electron chi connectivity index (χ4n) is 3.85. The fourth-order valence-corrected chi connectivity index (χ4v) is 3.85.